The van der Waals surface area contributed by atoms with Gasteiger partial charge in [0, 0.05) is 9.86 Å². The maximum absolute atomic E-state index is 8.89. The molecule has 0 aliphatic carbocycles. The zero-order valence-corrected chi connectivity index (χ0v) is 8.95. The monoisotopic (exact) mass is 252 g/mol. The standard InChI is InChI=1S/C9H5BrN2S/c10-7-3-8(12)6(4-11)9-5(7)1-2-13-9/h1-3H,12H2. The zero-order chi connectivity index (χ0) is 9.42. The van der Waals surface area contributed by atoms with E-state index in [-0.39, 0.29) is 0 Å². The van der Waals surface area contributed by atoms with Crippen molar-refractivity contribution in [2.24, 2.45) is 0 Å². The van der Waals surface area contributed by atoms with E-state index in [1.807, 2.05) is 11.4 Å². The lowest BCUT2D eigenvalue weighted by Crippen LogP contribution is -1.90. The molecule has 2 nitrogen and oxygen atoms in total. The molecule has 0 bridgehead atoms. The van der Waals surface area contributed by atoms with Gasteiger partial charge in [-0.15, -0.1) is 11.3 Å². The molecule has 0 fully saturated rings. The molecule has 2 N–H and O–H groups in total. The molecular weight excluding hydrogens is 248 g/mol. The van der Waals surface area contributed by atoms with Crippen LogP contribution in [0.25, 0.3) is 10.1 Å². The summed E-state index contributed by atoms with van der Waals surface area (Å²) in [4.78, 5) is 0. The summed E-state index contributed by atoms with van der Waals surface area (Å²) in [7, 11) is 0. The average Bonchev–Trinajstić information content (AvgIpc) is 2.53. The van der Waals surface area contributed by atoms with Crippen LogP contribution in [-0.4, -0.2) is 0 Å². The third kappa shape index (κ3) is 1.21. The van der Waals surface area contributed by atoms with Crippen LogP contribution in [0, 0.1) is 11.3 Å². The van der Waals surface area contributed by atoms with E-state index in [0.29, 0.717) is 11.3 Å². The first-order valence-electron chi connectivity index (χ1n) is 3.59. The van der Waals surface area contributed by atoms with Gasteiger partial charge in [-0.3, -0.25) is 0 Å². The van der Waals surface area contributed by atoms with Crippen molar-refractivity contribution in [3.8, 4) is 6.07 Å². The molecule has 0 radical (unpaired) electrons. The summed E-state index contributed by atoms with van der Waals surface area (Å²) in [5.41, 5.74) is 6.82. The minimum atomic E-state index is 0.532. The Morgan fingerprint density at radius 1 is 1.54 bits per heavy atom. The number of nitrogens with zero attached hydrogens (tertiary/aromatic N) is 1. The molecule has 1 aromatic carbocycles. The van der Waals surface area contributed by atoms with Gasteiger partial charge in [-0.05, 0) is 17.5 Å². The number of rotatable bonds is 0. The van der Waals surface area contributed by atoms with Gasteiger partial charge in [0.25, 0.3) is 0 Å². The van der Waals surface area contributed by atoms with Gasteiger partial charge in [-0.1, -0.05) is 15.9 Å². The molecule has 0 aliphatic rings. The van der Waals surface area contributed by atoms with Gasteiger partial charge in [0.15, 0.2) is 0 Å². The van der Waals surface area contributed by atoms with E-state index in [1.54, 1.807) is 6.07 Å². The molecule has 0 amide bonds. The van der Waals surface area contributed by atoms with Gasteiger partial charge in [0.1, 0.15) is 6.07 Å². The van der Waals surface area contributed by atoms with Crippen molar-refractivity contribution >= 4 is 43.0 Å². The lowest BCUT2D eigenvalue weighted by Gasteiger charge is -2.00. The molecular formula is C9H5BrN2S. The quantitative estimate of drug-likeness (QED) is 0.733. The van der Waals surface area contributed by atoms with Crippen LogP contribution >= 0.6 is 27.3 Å². The number of nitrogens with two attached hydrogens (primary N) is 1. The second-order valence-electron chi connectivity index (χ2n) is 2.60. The number of halogens is 1. The minimum Gasteiger partial charge on any atom is -0.398 e. The molecule has 2 aromatic rings. The first kappa shape index (κ1) is 8.54. The van der Waals surface area contributed by atoms with Gasteiger partial charge < -0.3 is 5.73 Å². The number of benzene rings is 1. The Balaban J connectivity index is 2.99. The van der Waals surface area contributed by atoms with E-state index >= 15 is 0 Å². The lowest BCUT2D eigenvalue weighted by atomic mass is 10.1. The van der Waals surface area contributed by atoms with Crippen molar-refractivity contribution in [1.82, 2.24) is 0 Å². The number of nitriles is 1. The predicted molar refractivity (Wildman–Crippen MR) is 58.7 cm³/mol. The Morgan fingerprint density at radius 2 is 2.31 bits per heavy atom. The average molecular weight is 253 g/mol. The number of hydrogen-bond acceptors (Lipinski definition) is 3. The zero-order valence-electron chi connectivity index (χ0n) is 6.54. The van der Waals surface area contributed by atoms with E-state index < -0.39 is 0 Å². The first-order chi connectivity index (χ1) is 6.24. The molecule has 4 heteroatoms. The van der Waals surface area contributed by atoms with E-state index in [4.69, 9.17) is 11.0 Å². The normalized spacial score (nSPS) is 10.2. The molecule has 0 spiro atoms. The molecule has 2 rings (SSSR count). The van der Waals surface area contributed by atoms with Crippen molar-refractivity contribution in [2.45, 2.75) is 0 Å². The molecule has 1 heterocycles. The predicted octanol–water partition coefficient (Wildman–Crippen LogP) is 3.12. The summed E-state index contributed by atoms with van der Waals surface area (Å²) in [5, 5.41) is 11.9. The molecule has 64 valence electrons. The van der Waals surface area contributed by atoms with Gasteiger partial charge in [-0.25, -0.2) is 0 Å². The van der Waals surface area contributed by atoms with Gasteiger partial charge in [0.05, 0.1) is 16.0 Å². The van der Waals surface area contributed by atoms with Crippen LogP contribution in [0.15, 0.2) is 22.0 Å². The number of thiophene rings is 1. The van der Waals surface area contributed by atoms with Gasteiger partial charge in [0.2, 0.25) is 0 Å². The van der Waals surface area contributed by atoms with Crippen molar-refractivity contribution < 1.29 is 0 Å². The second-order valence-corrected chi connectivity index (χ2v) is 4.37. The molecule has 0 atom stereocenters. The van der Waals surface area contributed by atoms with Gasteiger partial charge >= 0.3 is 0 Å². The summed E-state index contributed by atoms with van der Waals surface area (Å²) in [5.74, 6) is 0. The molecule has 0 saturated heterocycles. The third-order valence-electron chi connectivity index (χ3n) is 1.83. The molecule has 13 heavy (non-hydrogen) atoms. The smallest absolute Gasteiger partial charge is 0.103 e. The van der Waals surface area contributed by atoms with Crippen LogP contribution in [0.4, 0.5) is 5.69 Å². The maximum atomic E-state index is 8.89. The Morgan fingerprint density at radius 3 is 3.00 bits per heavy atom. The van der Waals surface area contributed by atoms with Crippen LogP contribution in [0.3, 0.4) is 0 Å². The largest absolute Gasteiger partial charge is 0.398 e. The number of anilines is 1. The SMILES string of the molecule is N#Cc1c(N)cc(Br)c2ccsc12. The highest BCUT2D eigenvalue weighted by Crippen LogP contribution is 2.34. The Hall–Kier alpha value is -1.05. The fourth-order valence-electron chi connectivity index (χ4n) is 1.22. The van der Waals surface area contributed by atoms with Crippen molar-refractivity contribution in [2.75, 3.05) is 5.73 Å². The Labute approximate surface area is 87.7 Å². The highest BCUT2D eigenvalue weighted by molar-refractivity contribution is 9.10. The van der Waals surface area contributed by atoms with Crippen LogP contribution in [-0.2, 0) is 0 Å². The fraction of sp³-hybridized carbons (Fsp3) is 0. The number of nitrogen functional groups attached to an aromatic ring is 1. The molecule has 0 unspecified atom stereocenters. The van der Waals surface area contributed by atoms with Crippen LogP contribution in [0.5, 0.6) is 0 Å². The van der Waals surface area contributed by atoms with Crippen LogP contribution in [0.2, 0.25) is 0 Å². The summed E-state index contributed by atoms with van der Waals surface area (Å²) >= 11 is 4.94. The fourth-order valence-corrected chi connectivity index (χ4v) is 2.86. The highest BCUT2D eigenvalue weighted by atomic mass is 79.9. The Kier molecular flexibility index (Phi) is 1.98. The third-order valence-corrected chi connectivity index (χ3v) is 3.42. The second kappa shape index (κ2) is 3.02. The molecule has 0 saturated carbocycles. The molecule has 0 aliphatic heterocycles. The van der Waals surface area contributed by atoms with Crippen molar-refractivity contribution in [3.05, 3.63) is 27.5 Å². The van der Waals surface area contributed by atoms with Crippen LogP contribution in [0.1, 0.15) is 5.56 Å². The summed E-state index contributed by atoms with van der Waals surface area (Å²) in [6.07, 6.45) is 0. The number of fused-ring (bicyclic) bond motifs is 1. The summed E-state index contributed by atoms with van der Waals surface area (Å²) < 4.78 is 1.90. The van der Waals surface area contributed by atoms with E-state index in [1.165, 1.54) is 11.3 Å². The van der Waals surface area contributed by atoms with Gasteiger partial charge in [-0.2, -0.15) is 5.26 Å². The first-order valence-corrected chi connectivity index (χ1v) is 5.26. The van der Waals surface area contributed by atoms with Crippen LogP contribution < -0.4 is 5.73 Å². The van der Waals surface area contributed by atoms with Crippen molar-refractivity contribution in [3.63, 3.8) is 0 Å². The number of hydrogen-bond donors (Lipinski definition) is 1. The van der Waals surface area contributed by atoms with E-state index in [9.17, 15) is 0 Å². The van der Waals surface area contributed by atoms with E-state index in [0.717, 1.165) is 14.6 Å². The highest BCUT2D eigenvalue weighted by Gasteiger charge is 2.09. The summed E-state index contributed by atoms with van der Waals surface area (Å²) in [6.45, 7) is 0. The lowest BCUT2D eigenvalue weighted by molar-refractivity contribution is 1.51. The minimum absolute atomic E-state index is 0.532. The van der Waals surface area contributed by atoms with E-state index in [2.05, 4.69) is 22.0 Å². The maximum Gasteiger partial charge on any atom is 0.103 e. The topological polar surface area (TPSA) is 49.8 Å². The molecule has 1 aromatic heterocycles. The summed E-state index contributed by atoms with van der Waals surface area (Å²) in [6, 6.07) is 5.86. The van der Waals surface area contributed by atoms with Crippen molar-refractivity contribution in [1.29, 1.82) is 5.26 Å². The Bertz CT molecular complexity index is 510.